The van der Waals surface area contributed by atoms with E-state index in [0.29, 0.717) is 0 Å². The highest BCUT2D eigenvalue weighted by Crippen LogP contribution is 2.26. The number of anilines is 1. The number of amides is 2. The molecule has 0 fully saturated rings. The van der Waals surface area contributed by atoms with Gasteiger partial charge in [-0.05, 0) is 49.6 Å². The average Bonchev–Trinajstić information content (AvgIpc) is 2.93. The maximum absolute atomic E-state index is 12.0. The number of hydrogen-bond donors (Lipinski definition) is 2. The van der Waals surface area contributed by atoms with Crippen LogP contribution in [0.1, 0.15) is 43.2 Å². The fraction of sp³-hybridized carbons (Fsp3) is 0.353. The van der Waals surface area contributed by atoms with Crippen LogP contribution in [-0.2, 0) is 6.42 Å². The third-order valence-corrected chi connectivity index (χ3v) is 4.81. The first-order chi connectivity index (χ1) is 10.6. The lowest BCUT2D eigenvalue weighted by Gasteiger charge is -2.13. The van der Waals surface area contributed by atoms with Gasteiger partial charge in [0.2, 0.25) is 0 Å². The Hall–Kier alpha value is -1.52. The van der Waals surface area contributed by atoms with E-state index in [1.165, 1.54) is 29.7 Å². The second-order valence-corrected chi connectivity index (χ2v) is 7.01. The highest BCUT2D eigenvalue weighted by atomic mass is 35.5. The van der Waals surface area contributed by atoms with Crippen LogP contribution in [-0.4, -0.2) is 6.03 Å². The summed E-state index contributed by atoms with van der Waals surface area (Å²) in [5.74, 6) is 0. The molecule has 2 aromatic rings. The minimum Gasteiger partial charge on any atom is -0.331 e. The molecule has 0 saturated carbocycles. The average molecular weight is 337 g/mol. The molecule has 1 atom stereocenters. The Kier molecular flexibility index (Phi) is 6.28. The van der Waals surface area contributed by atoms with Gasteiger partial charge in [0.1, 0.15) is 0 Å². The highest BCUT2D eigenvalue weighted by molar-refractivity contribution is 7.16. The first-order valence-corrected chi connectivity index (χ1v) is 8.69. The minimum absolute atomic E-state index is 0.0682. The summed E-state index contributed by atoms with van der Waals surface area (Å²) in [7, 11) is 0. The first kappa shape index (κ1) is 16.8. The van der Waals surface area contributed by atoms with E-state index in [9.17, 15) is 4.79 Å². The quantitative estimate of drug-likeness (QED) is 0.705. The summed E-state index contributed by atoms with van der Waals surface area (Å²) in [5, 5.41) is 5.76. The highest BCUT2D eigenvalue weighted by Gasteiger charge is 2.11. The van der Waals surface area contributed by atoms with Crippen molar-refractivity contribution < 1.29 is 4.79 Å². The molecule has 5 heteroatoms. The van der Waals surface area contributed by atoms with Gasteiger partial charge < -0.3 is 10.6 Å². The van der Waals surface area contributed by atoms with Crippen molar-refractivity contribution in [3.05, 3.63) is 51.2 Å². The summed E-state index contributed by atoms with van der Waals surface area (Å²) in [4.78, 5) is 13.0. The van der Waals surface area contributed by atoms with Gasteiger partial charge in [-0.2, -0.15) is 0 Å². The monoisotopic (exact) mass is 336 g/mol. The second-order valence-electron chi connectivity index (χ2n) is 5.26. The van der Waals surface area contributed by atoms with E-state index in [0.717, 1.165) is 21.3 Å². The van der Waals surface area contributed by atoms with Crippen LogP contribution >= 0.6 is 22.9 Å². The Bertz CT molecular complexity index is 609. The number of aryl methyl sites for hydroxylation is 1. The van der Waals surface area contributed by atoms with Gasteiger partial charge in [0.15, 0.2) is 0 Å². The van der Waals surface area contributed by atoms with Gasteiger partial charge in [0, 0.05) is 10.6 Å². The maximum atomic E-state index is 12.0. The van der Waals surface area contributed by atoms with Gasteiger partial charge in [-0.1, -0.05) is 37.1 Å². The molecule has 3 nitrogen and oxygen atoms in total. The zero-order valence-corrected chi connectivity index (χ0v) is 14.4. The standard InChI is InChI=1S/C17H21ClN2OS/c1-3-4-5-13-6-8-14(9-7-13)20-17(21)19-12(2)15-10-11-16(18)22-15/h6-12H,3-5H2,1-2H3,(H2,19,20,21). The lowest BCUT2D eigenvalue weighted by molar-refractivity contribution is 0.249. The molecule has 0 aliphatic carbocycles. The number of thiophene rings is 1. The Morgan fingerprint density at radius 2 is 1.95 bits per heavy atom. The van der Waals surface area contributed by atoms with Crippen LogP contribution in [0.5, 0.6) is 0 Å². The maximum Gasteiger partial charge on any atom is 0.319 e. The van der Waals surface area contributed by atoms with Gasteiger partial charge in [0.25, 0.3) is 0 Å². The van der Waals surface area contributed by atoms with Crippen molar-refractivity contribution in [2.75, 3.05) is 5.32 Å². The van der Waals surface area contributed by atoms with Crippen molar-refractivity contribution in [3.63, 3.8) is 0 Å². The normalized spacial score (nSPS) is 12.0. The zero-order valence-electron chi connectivity index (χ0n) is 12.9. The van der Waals surface area contributed by atoms with E-state index in [-0.39, 0.29) is 12.1 Å². The molecule has 1 aromatic carbocycles. The summed E-state index contributed by atoms with van der Waals surface area (Å²) in [6.07, 6.45) is 3.46. The van der Waals surface area contributed by atoms with E-state index in [2.05, 4.69) is 29.7 Å². The Balaban J connectivity index is 1.86. The molecule has 1 aromatic heterocycles. The van der Waals surface area contributed by atoms with E-state index >= 15 is 0 Å². The predicted octanol–water partition coefficient (Wildman–Crippen LogP) is 5.63. The minimum atomic E-state index is -0.210. The molecule has 118 valence electrons. The third kappa shape index (κ3) is 5.04. The van der Waals surface area contributed by atoms with Gasteiger partial charge in [-0.25, -0.2) is 4.79 Å². The van der Waals surface area contributed by atoms with Crippen LogP contribution in [0.4, 0.5) is 10.5 Å². The number of hydrogen-bond acceptors (Lipinski definition) is 2. The molecule has 22 heavy (non-hydrogen) atoms. The van der Waals surface area contributed by atoms with E-state index in [4.69, 9.17) is 11.6 Å². The third-order valence-electron chi connectivity index (χ3n) is 3.40. The molecule has 2 amide bonds. The number of benzene rings is 1. The number of rotatable bonds is 6. The predicted molar refractivity (Wildman–Crippen MR) is 95.0 cm³/mol. The van der Waals surface area contributed by atoms with Crippen molar-refractivity contribution in [2.45, 2.75) is 39.2 Å². The Morgan fingerprint density at radius 3 is 2.55 bits per heavy atom. The molecule has 1 unspecified atom stereocenters. The fourth-order valence-electron chi connectivity index (χ4n) is 2.13. The smallest absolute Gasteiger partial charge is 0.319 e. The molecule has 2 N–H and O–H groups in total. The molecular formula is C17H21ClN2OS. The fourth-order valence-corrected chi connectivity index (χ4v) is 3.19. The van der Waals surface area contributed by atoms with Gasteiger partial charge >= 0.3 is 6.03 Å². The van der Waals surface area contributed by atoms with Gasteiger partial charge in [0.05, 0.1) is 10.4 Å². The molecule has 0 spiro atoms. The molecule has 0 aliphatic heterocycles. The molecule has 1 heterocycles. The van der Waals surface area contributed by atoms with Crippen molar-refractivity contribution in [3.8, 4) is 0 Å². The molecule has 0 bridgehead atoms. The summed E-state index contributed by atoms with van der Waals surface area (Å²) in [5.41, 5.74) is 2.10. The van der Waals surface area contributed by atoms with Gasteiger partial charge in [-0.3, -0.25) is 0 Å². The van der Waals surface area contributed by atoms with Crippen LogP contribution < -0.4 is 10.6 Å². The summed E-state index contributed by atoms with van der Waals surface area (Å²) < 4.78 is 0.728. The number of urea groups is 1. The number of nitrogens with one attached hydrogen (secondary N) is 2. The Morgan fingerprint density at radius 1 is 1.23 bits per heavy atom. The number of halogens is 1. The largest absolute Gasteiger partial charge is 0.331 e. The number of carbonyl (C=O) groups is 1. The molecule has 0 saturated heterocycles. The first-order valence-electron chi connectivity index (χ1n) is 7.50. The van der Waals surface area contributed by atoms with Crippen molar-refractivity contribution in [2.24, 2.45) is 0 Å². The zero-order chi connectivity index (χ0) is 15.9. The summed E-state index contributed by atoms with van der Waals surface area (Å²) >= 11 is 7.39. The second kappa shape index (κ2) is 8.20. The van der Waals surface area contributed by atoms with E-state index in [1.54, 1.807) is 0 Å². The SMILES string of the molecule is CCCCc1ccc(NC(=O)NC(C)c2ccc(Cl)s2)cc1. The Labute approximate surface area is 140 Å². The van der Waals surface area contributed by atoms with Crippen LogP contribution in [0.25, 0.3) is 0 Å². The van der Waals surface area contributed by atoms with Crippen LogP contribution in [0, 0.1) is 0 Å². The van der Waals surface area contributed by atoms with Crippen LogP contribution in [0.3, 0.4) is 0 Å². The molecular weight excluding hydrogens is 316 g/mol. The number of unbranched alkanes of at least 4 members (excludes halogenated alkanes) is 1. The topological polar surface area (TPSA) is 41.1 Å². The molecule has 2 rings (SSSR count). The van der Waals surface area contributed by atoms with Crippen molar-refractivity contribution in [1.82, 2.24) is 5.32 Å². The van der Waals surface area contributed by atoms with E-state index in [1.807, 2.05) is 31.2 Å². The lowest BCUT2D eigenvalue weighted by Crippen LogP contribution is -2.30. The van der Waals surface area contributed by atoms with Gasteiger partial charge in [-0.15, -0.1) is 11.3 Å². The lowest BCUT2D eigenvalue weighted by atomic mass is 10.1. The molecule has 0 radical (unpaired) electrons. The van der Waals surface area contributed by atoms with Crippen LogP contribution in [0.15, 0.2) is 36.4 Å². The number of carbonyl (C=O) groups excluding carboxylic acids is 1. The van der Waals surface area contributed by atoms with Crippen molar-refractivity contribution in [1.29, 1.82) is 0 Å². The molecule has 0 aliphatic rings. The van der Waals surface area contributed by atoms with E-state index < -0.39 is 0 Å². The van der Waals surface area contributed by atoms with Crippen molar-refractivity contribution >= 4 is 34.7 Å². The van der Waals surface area contributed by atoms with Crippen LogP contribution in [0.2, 0.25) is 4.34 Å². The summed E-state index contributed by atoms with van der Waals surface area (Å²) in [6, 6.07) is 11.5. The summed E-state index contributed by atoms with van der Waals surface area (Å²) in [6.45, 7) is 4.12.